The number of hydrogen-bond donors (Lipinski definition) is 2. The summed E-state index contributed by atoms with van der Waals surface area (Å²) >= 11 is 0. The number of aliphatic hydroxyl groups is 1. The molecule has 16 heavy (non-hydrogen) atoms. The van der Waals surface area contributed by atoms with Crippen LogP contribution in [0.4, 0.5) is 0 Å². The highest BCUT2D eigenvalue weighted by atomic mass is 16.5. The highest BCUT2D eigenvalue weighted by molar-refractivity contribution is 5.09. The van der Waals surface area contributed by atoms with E-state index in [1.807, 2.05) is 12.1 Å². The van der Waals surface area contributed by atoms with Gasteiger partial charge in [0.1, 0.15) is 11.5 Å². The Morgan fingerprint density at radius 2 is 2.25 bits per heavy atom. The molecule has 0 aliphatic rings. The summed E-state index contributed by atoms with van der Waals surface area (Å²) in [6.45, 7) is 5.97. The van der Waals surface area contributed by atoms with Crippen molar-refractivity contribution in [1.82, 2.24) is 5.32 Å². The number of ether oxygens (including phenoxy) is 1. The van der Waals surface area contributed by atoms with Crippen LogP contribution in [0.15, 0.2) is 16.5 Å². The first-order valence-electron chi connectivity index (χ1n) is 5.78. The van der Waals surface area contributed by atoms with Crippen LogP contribution >= 0.6 is 0 Å². The van der Waals surface area contributed by atoms with Crippen molar-refractivity contribution < 1.29 is 14.3 Å². The fraction of sp³-hybridized carbons (Fsp3) is 0.667. The third-order valence-electron chi connectivity index (χ3n) is 2.39. The molecule has 2 N–H and O–H groups in total. The summed E-state index contributed by atoms with van der Waals surface area (Å²) in [5.41, 5.74) is 0. The number of furan rings is 1. The lowest BCUT2D eigenvalue weighted by Crippen LogP contribution is -2.23. The monoisotopic (exact) mass is 227 g/mol. The third-order valence-corrected chi connectivity index (χ3v) is 2.39. The Morgan fingerprint density at radius 1 is 1.44 bits per heavy atom. The van der Waals surface area contributed by atoms with E-state index >= 15 is 0 Å². The number of nitrogens with one attached hydrogen (secondary N) is 1. The lowest BCUT2D eigenvalue weighted by Gasteiger charge is -2.11. The number of rotatable bonds is 8. The van der Waals surface area contributed by atoms with Crippen LogP contribution in [0.5, 0.6) is 0 Å². The molecule has 0 aliphatic heterocycles. The topological polar surface area (TPSA) is 54.6 Å². The van der Waals surface area contributed by atoms with Crippen LogP contribution in [-0.4, -0.2) is 31.5 Å². The van der Waals surface area contributed by atoms with Gasteiger partial charge in [0.2, 0.25) is 0 Å². The molecule has 0 saturated carbocycles. The summed E-state index contributed by atoms with van der Waals surface area (Å²) in [6, 6.07) is 4.21. The molecule has 92 valence electrons. The van der Waals surface area contributed by atoms with E-state index in [4.69, 9.17) is 14.3 Å². The lowest BCUT2D eigenvalue weighted by atomic mass is 10.2. The summed E-state index contributed by atoms with van der Waals surface area (Å²) in [7, 11) is 0. The predicted molar refractivity (Wildman–Crippen MR) is 62.4 cm³/mol. The lowest BCUT2D eigenvalue weighted by molar-refractivity contribution is 0.0924. The van der Waals surface area contributed by atoms with Gasteiger partial charge in [-0.25, -0.2) is 0 Å². The van der Waals surface area contributed by atoms with E-state index in [9.17, 15) is 0 Å². The Hall–Kier alpha value is -0.840. The van der Waals surface area contributed by atoms with Gasteiger partial charge in [-0.15, -0.1) is 0 Å². The molecule has 1 unspecified atom stereocenters. The van der Waals surface area contributed by atoms with Crippen LogP contribution < -0.4 is 5.32 Å². The molecule has 0 saturated heterocycles. The van der Waals surface area contributed by atoms with Gasteiger partial charge in [0.25, 0.3) is 0 Å². The van der Waals surface area contributed by atoms with Crippen LogP contribution in [0, 0.1) is 0 Å². The summed E-state index contributed by atoms with van der Waals surface area (Å²) < 4.78 is 10.8. The van der Waals surface area contributed by atoms with Crippen molar-refractivity contribution in [1.29, 1.82) is 0 Å². The Bertz CT molecular complexity index is 286. The molecule has 1 atom stereocenters. The van der Waals surface area contributed by atoms with E-state index in [0.29, 0.717) is 13.2 Å². The second kappa shape index (κ2) is 7.44. The fourth-order valence-electron chi connectivity index (χ4n) is 1.43. The van der Waals surface area contributed by atoms with Crippen molar-refractivity contribution >= 4 is 0 Å². The van der Waals surface area contributed by atoms with Crippen molar-refractivity contribution in [3.05, 3.63) is 23.7 Å². The van der Waals surface area contributed by atoms with Gasteiger partial charge in [0.15, 0.2) is 0 Å². The average molecular weight is 227 g/mol. The molecular formula is C12H21NO3. The van der Waals surface area contributed by atoms with Crippen LogP contribution in [0.2, 0.25) is 0 Å². The van der Waals surface area contributed by atoms with Crippen LogP contribution in [0.1, 0.15) is 31.4 Å². The van der Waals surface area contributed by atoms with Gasteiger partial charge in [-0.05, 0) is 19.1 Å². The molecule has 0 aliphatic carbocycles. The van der Waals surface area contributed by atoms with E-state index in [1.54, 1.807) is 0 Å². The second-order valence-electron chi connectivity index (χ2n) is 3.67. The summed E-state index contributed by atoms with van der Waals surface area (Å²) in [5.74, 6) is 1.97. The zero-order chi connectivity index (χ0) is 11.8. The molecule has 1 aromatic heterocycles. The third kappa shape index (κ3) is 4.35. The SMILES string of the molecule is CCc1ccc(C(C)NCCOCCO)o1. The minimum Gasteiger partial charge on any atom is -0.464 e. The van der Waals surface area contributed by atoms with E-state index < -0.39 is 0 Å². The van der Waals surface area contributed by atoms with Crippen molar-refractivity contribution in [3.63, 3.8) is 0 Å². The fourth-order valence-corrected chi connectivity index (χ4v) is 1.43. The zero-order valence-electron chi connectivity index (χ0n) is 10.0. The van der Waals surface area contributed by atoms with Gasteiger partial charge in [0, 0.05) is 13.0 Å². The maximum absolute atomic E-state index is 8.52. The smallest absolute Gasteiger partial charge is 0.120 e. The standard InChI is InChI=1S/C12H21NO3/c1-3-11-4-5-12(16-11)10(2)13-6-8-15-9-7-14/h4-5,10,13-14H,3,6-9H2,1-2H3. The maximum atomic E-state index is 8.52. The summed E-state index contributed by atoms with van der Waals surface area (Å²) in [5, 5.41) is 11.8. The quantitative estimate of drug-likeness (QED) is 0.661. The van der Waals surface area contributed by atoms with Gasteiger partial charge in [0.05, 0.1) is 25.9 Å². The number of hydrogen-bond acceptors (Lipinski definition) is 4. The van der Waals surface area contributed by atoms with Crippen molar-refractivity contribution in [3.8, 4) is 0 Å². The highest BCUT2D eigenvalue weighted by Gasteiger charge is 2.08. The van der Waals surface area contributed by atoms with E-state index in [0.717, 1.165) is 24.5 Å². The predicted octanol–water partition coefficient (Wildman–Crippen LogP) is 1.50. The molecule has 1 heterocycles. The van der Waals surface area contributed by atoms with Crippen molar-refractivity contribution in [2.75, 3.05) is 26.4 Å². The van der Waals surface area contributed by atoms with Crippen molar-refractivity contribution in [2.45, 2.75) is 26.3 Å². The summed E-state index contributed by atoms with van der Waals surface area (Å²) in [4.78, 5) is 0. The first-order chi connectivity index (χ1) is 7.77. The molecule has 0 radical (unpaired) electrons. The Balaban J connectivity index is 2.21. The molecule has 1 rings (SSSR count). The summed E-state index contributed by atoms with van der Waals surface area (Å²) in [6.07, 6.45) is 0.923. The number of aliphatic hydroxyl groups excluding tert-OH is 1. The minimum atomic E-state index is 0.0770. The highest BCUT2D eigenvalue weighted by Crippen LogP contribution is 2.16. The molecule has 0 bridgehead atoms. The molecule has 0 fully saturated rings. The molecule has 4 nitrogen and oxygen atoms in total. The van der Waals surface area contributed by atoms with E-state index in [2.05, 4.69) is 19.2 Å². The van der Waals surface area contributed by atoms with Crippen LogP contribution in [0.3, 0.4) is 0 Å². The van der Waals surface area contributed by atoms with Gasteiger partial charge in [-0.3, -0.25) is 0 Å². The van der Waals surface area contributed by atoms with E-state index in [-0.39, 0.29) is 12.6 Å². The largest absolute Gasteiger partial charge is 0.464 e. The minimum absolute atomic E-state index is 0.0770. The zero-order valence-corrected chi connectivity index (χ0v) is 10.0. The Labute approximate surface area is 96.6 Å². The molecule has 1 aromatic rings. The van der Waals surface area contributed by atoms with E-state index in [1.165, 1.54) is 0 Å². The maximum Gasteiger partial charge on any atom is 0.120 e. The molecule has 0 amide bonds. The van der Waals surface area contributed by atoms with Gasteiger partial charge in [-0.1, -0.05) is 6.92 Å². The van der Waals surface area contributed by atoms with Crippen molar-refractivity contribution in [2.24, 2.45) is 0 Å². The molecule has 4 heteroatoms. The number of aryl methyl sites for hydroxylation is 1. The van der Waals surface area contributed by atoms with Gasteiger partial charge in [-0.2, -0.15) is 0 Å². The van der Waals surface area contributed by atoms with Crippen LogP contribution in [-0.2, 0) is 11.2 Å². The second-order valence-corrected chi connectivity index (χ2v) is 3.67. The Kier molecular flexibility index (Phi) is 6.15. The van der Waals surface area contributed by atoms with Crippen LogP contribution in [0.25, 0.3) is 0 Å². The average Bonchev–Trinajstić information content (AvgIpc) is 2.77. The first kappa shape index (κ1) is 13.2. The molecule has 0 aromatic carbocycles. The Morgan fingerprint density at radius 3 is 2.88 bits per heavy atom. The van der Waals surface area contributed by atoms with Gasteiger partial charge < -0.3 is 19.6 Å². The normalized spacial score (nSPS) is 12.9. The van der Waals surface area contributed by atoms with Gasteiger partial charge >= 0.3 is 0 Å². The molecular weight excluding hydrogens is 206 g/mol. The first-order valence-corrected chi connectivity index (χ1v) is 5.78. The molecule has 0 spiro atoms.